The van der Waals surface area contributed by atoms with Gasteiger partial charge < -0.3 is 19.2 Å². The number of hydrogen-bond acceptors (Lipinski definition) is 6. The quantitative estimate of drug-likeness (QED) is 0.823. The number of carbonyl (C=O) groups is 1. The zero-order chi connectivity index (χ0) is 17.0. The molecule has 124 valence electrons. The van der Waals surface area contributed by atoms with Gasteiger partial charge in [-0.1, -0.05) is 13.8 Å². The summed E-state index contributed by atoms with van der Waals surface area (Å²) >= 11 is 0. The van der Waals surface area contributed by atoms with Crippen molar-refractivity contribution in [1.29, 1.82) is 0 Å². The number of benzene rings is 1. The van der Waals surface area contributed by atoms with Gasteiger partial charge in [-0.25, -0.2) is 4.79 Å². The molecular weight excluding hydrogens is 298 g/mol. The second kappa shape index (κ2) is 7.28. The van der Waals surface area contributed by atoms with Crippen LogP contribution in [0.5, 0.6) is 5.75 Å². The molecule has 0 radical (unpaired) electrons. The first-order valence-corrected chi connectivity index (χ1v) is 7.63. The molecule has 0 amide bonds. The molecule has 0 aliphatic rings. The summed E-state index contributed by atoms with van der Waals surface area (Å²) < 4.78 is 10.6. The lowest BCUT2D eigenvalue weighted by atomic mass is 10.1. The molecule has 0 aliphatic heterocycles. The van der Waals surface area contributed by atoms with Gasteiger partial charge in [-0.05, 0) is 32.1 Å². The van der Waals surface area contributed by atoms with E-state index in [0.717, 1.165) is 13.1 Å². The number of carbonyl (C=O) groups excluding carboxylic acids is 1. The van der Waals surface area contributed by atoms with E-state index in [1.165, 1.54) is 18.2 Å². The minimum absolute atomic E-state index is 0.00852. The number of aromatic hydroxyl groups is 1. The molecule has 1 aromatic carbocycles. The van der Waals surface area contributed by atoms with Gasteiger partial charge in [-0.2, -0.15) is 0 Å². The molecule has 6 nitrogen and oxygen atoms in total. The van der Waals surface area contributed by atoms with Crippen LogP contribution in [0.25, 0.3) is 11.0 Å². The molecule has 0 fully saturated rings. The second-order valence-corrected chi connectivity index (χ2v) is 5.25. The fourth-order valence-electron chi connectivity index (χ4n) is 2.36. The summed E-state index contributed by atoms with van der Waals surface area (Å²) in [5.41, 5.74) is -0.0187. The molecule has 1 aromatic heterocycles. The van der Waals surface area contributed by atoms with Crippen LogP contribution >= 0.6 is 0 Å². The summed E-state index contributed by atoms with van der Waals surface area (Å²) in [6, 6.07) is 3.92. The van der Waals surface area contributed by atoms with Crippen LogP contribution in [0.15, 0.2) is 27.4 Å². The second-order valence-electron chi connectivity index (χ2n) is 5.25. The summed E-state index contributed by atoms with van der Waals surface area (Å²) in [7, 11) is 0. The number of ether oxygens (including phenoxy) is 1. The van der Waals surface area contributed by atoms with Crippen LogP contribution in [0.3, 0.4) is 0 Å². The van der Waals surface area contributed by atoms with Crippen LogP contribution in [0, 0.1) is 6.92 Å². The van der Waals surface area contributed by atoms with Crippen LogP contribution in [0.4, 0.5) is 0 Å². The van der Waals surface area contributed by atoms with Crippen molar-refractivity contribution < 1.29 is 19.1 Å². The van der Waals surface area contributed by atoms with Gasteiger partial charge in [-0.3, -0.25) is 4.79 Å². The van der Waals surface area contributed by atoms with Gasteiger partial charge in [0.15, 0.2) is 5.43 Å². The molecule has 0 aliphatic carbocycles. The monoisotopic (exact) mass is 319 g/mol. The lowest BCUT2D eigenvalue weighted by Crippen LogP contribution is -2.27. The highest BCUT2D eigenvalue weighted by Gasteiger charge is 2.16. The molecule has 0 saturated heterocycles. The van der Waals surface area contributed by atoms with Crippen LogP contribution in [0.1, 0.15) is 30.0 Å². The summed E-state index contributed by atoms with van der Waals surface area (Å²) in [4.78, 5) is 26.1. The fraction of sp³-hybridized carbons (Fsp3) is 0.412. The molecule has 2 rings (SSSR count). The summed E-state index contributed by atoms with van der Waals surface area (Å²) in [6.45, 7) is 8.32. The lowest BCUT2D eigenvalue weighted by Gasteiger charge is -2.17. The smallest absolute Gasteiger partial charge is 0.342 e. The van der Waals surface area contributed by atoms with E-state index in [9.17, 15) is 14.7 Å². The third-order valence-electron chi connectivity index (χ3n) is 3.72. The average molecular weight is 319 g/mol. The van der Waals surface area contributed by atoms with E-state index < -0.39 is 5.97 Å². The van der Waals surface area contributed by atoms with E-state index >= 15 is 0 Å². The van der Waals surface area contributed by atoms with Crippen molar-refractivity contribution >= 4 is 16.9 Å². The van der Waals surface area contributed by atoms with Crippen molar-refractivity contribution in [3.8, 4) is 5.75 Å². The van der Waals surface area contributed by atoms with Gasteiger partial charge >= 0.3 is 5.97 Å². The Kier molecular flexibility index (Phi) is 5.39. The molecule has 0 saturated carbocycles. The lowest BCUT2D eigenvalue weighted by molar-refractivity contribution is 0.0463. The number of phenolic OH excluding ortho intramolecular Hbond substituents is 1. The molecular formula is C17H21NO5. The van der Waals surface area contributed by atoms with E-state index in [1.54, 1.807) is 6.92 Å². The van der Waals surface area contributed by atoms with Crippen molar-refractivity contribution in [2.45, 2.75) is 20.8 Å². The van der Waals surface area contributed by atoms with Crippen LogP contribution in [-0.2, 0) is 4.74 Å². The van der Waals surface area contributed by atoms with Gasteiger partial charge in [0.2, 0.25) is 0 Å². The van der Waals surface area contributed by atoms with Crippen LogP contribution in [-0.4, -0.2) is 42.2 Å². The first kappa shape index (κ1) is 17.0. The molecule has 0 unspecified atom stereocenters. The molecule has 23 heavy (non-hydrogen) atoms. The van der Waals surface area contributed by atoms with Crippen LogP contribution in [0.2, 0.25) is 0 Å². The number of fused-ring (bicyclic) bond motifs is 1. The molecule has 0 atom stereocenters. The third-order valence-corrected chi connectivity index (χ3v) is 3.72. The first-order chi connectivity index (χ1) is 11.0. The maximum Gasteiger partial charge on any atom is 0.342 e. The number of likely N-dealkylation sites (N-methyl/N-ethyl adjacent to an activating group) is 1. The van der Waals surface area contributed by atoms with Crippen molar-refractivity contribution in [2.24, 2.45) is 0 Å². The Morgan fingerprint density at radius 2 is 1.96 bits per heavy atom. The maximum atomic E-state index is 12.1. The Morgan fingerprint density at radius 3 is 2.61 bits per heavy atom. The number of aryl methyl sites for hydroxylation is 1. The van der Waals surface area contributed by atoms with E-state index in [0.29, 0.717) is 12.3 Å². The average Bonchev–Trinajstić information content (AvgIpc) is 2.51. The van der Waals surface area contributed by atoms with Gasteiger partial charge in [0, 0.05) is 12.6 Å². The fourth-order valence-corrected chi connectivity index (χ4v) is 2.36. The number of rotatable bonds is 6. The highest BCUT2D eigenvalue weighted by molar-refractivity contribution is 5.97. The number of esters is 1. The van der Waals surface area contributed by atoms with Crippen molar-refractivity contribution in [3.05, 3.63) is 39.7 Å². The van der Waals surface area contributed by atoms with Gasteiger partial charge in [0.25, 0.3) is 0 Å². The van der Waals surface area contributed by atoms with Crippen LogP contribution < -0.4 is 5.43 Å². The van der Waals surface area contributed by atoms with Crippen molar-refractivity contribution in [2.75, 3.05) is 26.2 Å². The molecule has 6 heteroatoms. The molecule has 2 aromatic rings. The molecule has 0 spiro atoms. The summed E-state index contributed by atoms with van der Waals surface area (Å²) in [6.07, 6.45) is 0. The van der Waals surface area contributed by atoms with E-state index in [4.69, 9.17) is 9.15 Å². The summed E-state index contributed by atoms with van der Waals surface area (Å²) in [5, 5.41) is 10.2. The highest BCUT2D eigenvalue weighted by atomic mass is 16.5. The van der Waals surface area contributed by atoms with Crippen molar-refractivity contribution in [3.63, 3.8) is 0 Å². The highest BCUT2D eigenvalue weighted by Crippen LogP contribution is 2.24. The number of nitrogens with zero attached hydrogens (tertiary/aromatic N) is 1. The normalized spacial score (nSPS) is 11.1. The predicted molar refractivity (Wildman–Crippen MR) is 87.0 cm³/mol. The molecule has 1 heterocycles. The Morgan fingerprint density at radius 1 is 1.26 bits per heavy atom. The Bertz CT molecular complexity index is 761. The number of phenols is 1. The van der Waals surface area contributed by atoms with Gasteiger partial charge in [-0.15, -0.1) is 0 Å². The van der Waals surface area contributed by atoms with Crippen molar-refractivity contribution in [1.82, 2.24) is 4.90 Å². The maximum absolute atomic E-state index is 12.1. The summed E-state index contributed by atoms with van der Waals surface area (Å²) in [5.74, 6) is -0.490. The van der Waals surface area contributed by atoms with E-state index in [1.807, 2.05) is 13.8 Å². The van der Waals surface area contributed by atoms with Gasteiger partial charge in [0.05, 0.1) is 5.39 Å². The standard InChI is InChI=1S/C17H21NO5/c1-4-18(5-2)6-7-22-17(21)13-10-16-12(9-15(13)20)14(19)8-11(3)23-16/h8-10,20H,4-7H2,1-3H3. The van der Waals surface area contributed by atoms with E-state index in [2.05, 4.69) is 4.90 Å². The minimum Gasteiger partial charge on any atom is -0.507 e. The molecule has 1 N–H and O–H groups in total. The minimum atomic E-state index is -0.638. The SMILES string of the molecule is CCN(CC)CCOC(=O)c1cc2oc(C)cc(=O)c2cc1O. The zero-order valence-corrected chi connectivity index (χ0v) is 13.6. The first-order valence-electron chi connectivity index (χ1n) is 7.63. The molecule has 0 bridgehead atoms. The number of hydrogen-bond donors (Lipinski definition) is 1. The Labute approximate surface area is 134 Å². The predicted octanol–water partition coefficient (Wildman–Crippen LogP) is 2.31. The Balaban J connectivity index is 2.20. The third kappa shape index (κ3) is 3.90. The largest absolute Gasteiger partial charge is 0.507 e. The van der Waals surface area contributed by atoms with Gasteiger partial charge in [0.1, 0.15) is 29.3 Å². The van der Waals surface area contributed by atoms with E-state index in [-0.39, 0.29) is 34.3 Å². The zero-order valence-electron chi connectivity index (χ0n) is 13.6. The topological polar surface area (TPSA) is 80.0 Å². The Hall–Kier alpha value is -2.34.